The van der Waals surface area contributed by atoms with E-state index >= 15 is 0 Å². The van der Waals surface area contributed by atoms with Crippen LogP contribution >= 0.6 is 0 Å². The SMILES string of the molecule is C=CCN1C(=O)N/C(=C/c2cc([N+](=O)[O-])cc([N+](=O)[O-])c2O)C1=O. The number of nitrogens with one attached hydrogen (secondary N) is 1. The van der Waals surface area contributed by atoms with Gasteiger partial charge in [0.05, 0.1) is 15.9 Å². The number of benzene rings is 1. The van der Waals surface area contributed by atoms with Crippen molar-refractivity contribution < 1.29 is 24.5 Å². The monoisotopic (exact) mass is 334 g/mol. The van der Waals surface area contributed by atoms with Gasteiger partial charge in [-0.1, -0.05) is 6.08 Å². The van der Waals surface area contributed by atoms with Gasteiger partial charge in [-0.15, -0.1) is 6.58 Å². The zero-order valence-electron chi connectivity index (χ0n) is 12.0. The quantitative estimate of drug-likeness (QED) is 0.270. The van der Waals surface area contributed by atoms with Crippen LogP contribution in [0.4, 0.5) is 16.2 Å². The number of aromatic hydroxyl groups is 1. The van der Waals surface area contributed by atoms with Crippen molar-refractivity contribution in [1.82, 2.24) is 10.2 Å². The van der Waals surface area contributed by atoms with Crippen LogP contribution < -0.4 is 5.32 Å². The molecule has 0 unspecified atom stereocenters. The van der Waals surface area contributed by atoms with Gasteiger partial charge in [0, 0.05) is 18.2 Å². The van der Waals surface area contributed by atoms with E-state index in [2.05, 4.69) is 11.9 Å². The van der Waals surface area contributed by atoms with Crippen molar-refractivity contribution in [1.29, 1.82) is 0 Å². The molecule has 24 heavy (non-hydrogen) atoms. The van der Waals surface area contributed by atoms with Gasteiger partial charge in [0.2, 0.25) is 5.75 Å². The van der Waals surface area contributed by atoms with Crippen molar-refractivity contribution in [2.75, 3.05) is 6.54 Å². The second-order valence-electron chi connectivity index (χ2n) is 4.61. The number of phenolic OH excluding ortho intramolecular Hbond substituents is 1. The second-order valence-corrected chi connectivity index (χ2v) is 4.61. The first-order valence-corrected chi connectivity index (χ1v) is 6.37. The fraction of sp³-hybridized carbons (Fsp3) is 0.0769. The Bertz CT molecular complexity index is 815. The van der Waals surface area contributed by atoms with Gasteiger partial charge >= 0.3 is 11.7 Å². The summed E-state index contributed by atoms with van der Waals surface area (Å²) < 4.78 is 0. The molecule has 0 radical (unpaired) electrons. The zero-order chi connectivity index (χ0) is 18.0. The molecule has 1 aliphatic rings. The largest absolute Gasteiger partial charge is 0.502 e. The van der Waals surface area contributed by atoms with Crippen molar-refractivity contribution >= 4 is 29.4 Å². The summed E-state index contributed by atoms with van der Waals surface area (Å²) in [7, 11) is 0. The Balaban J connectivity index is 2.55. The van der Waals surface area contributed by atoms with Crippen LogP contribution in [-0.4, -0.2) is 38.3 Å². The maximum absolute atomic E-state index is 12.0. The van der Waals surface area contributed by atoms with E-state index in [0.29, 0.717) is 6.07 Å². The van der Waals surface area contributed by atoms with E-state index in [-0.39, 0.29) is 17.8 Å². The molecule has 0 spiro atoms. The Morgan fingerprint density at radius 1 is 1.25 bits per heavy atom. The third kappa shape index (κ3) is 2.90. The lowest BCUT2D eigenvalue weighted by Crippen LogP contribution is -2.30. The van der Waals surface area contributed by atoms with Crippen LogP contribution in [0.1, 0.15) is 5.56 Å². The molecule has 1 aliphatic heterocycles. The molecule has 11 heteroatoms. The number of carbonyl (C=O) groups is 2. The number of nitrogens with zero attached hydrogens (tertiary/aromatic N) is 3. The van der Waals surface area contributed by atoms with Gasteiger partial charge in [-0.05, 0) is 6.08 Å². The Morgan fingerprint density at radius 2 is 1.92 bits per heavy atom. The standard InChI is InChI=1S/C13H10N4O7/c1-2-3-15-12(19)9(14-13(15)20)5-7-4-8(16(21)22)6-10(11(7)18)17(23)24/h2,4-6,18H,1,3H2,(H,14,20)/b9-5+. The minimum atomic E-state index is -0.997. The van der Waals surface area contributed by atoms with Crippen molar-refractivity contribution in [3.05, 3.63) is 56.3 Å². The molecule has 0 saturated carbocycles. The average Bonchev–Trinajstić information content (AvgIpc) is 2.76. The molecular weight excluding hydrogens is 324 g/mol. The molecule has 2 rings (SSSR count). The topological polar surface area (TPSA) is 156 Å². The molecule has 0 atom stereocenters. The molecule has 0 aromatic heterocycles. The van der Waals surface area contributed by atoms with E-state index < -0.39 is 38.9 Å². The van der Waals surface area contributed by atoms with Gasteiger partial charge in [0.25, 0.3) is 11.6 Å². The molecule has 1 aromatic carbocycles. The summed E-state index contributed by atoms with van der Waals surface area (Å²) in [5, 5.41) is 33.8. The molecule has 0 aliphatic carbocycles. The van der Waals surface area contributed by atoms with Gasteiger partial charge in [0.15, 0.2) is 0 Å². The van der Waals surface area contributed by atoms with Crippen LogP contribution in [0, 0.1) is 20.2 Å². The number of imide groups is 1. The second kappa shape index (κ2) is 6.16. The number of urea groups is 1. The summed E-state index contributed by atoms with van der Waals surface area (Å²) in [5.41, 5.74) is -2.17. The highest BCUT2D eigenvalue weighted by Gasteiger charge is 2.33. The maximum atomic E-state index is 12.0. The first-order valence-electron chi connectivity index (χ1n) is 6.37. The normalized spacial score (nSPS) is 15.5. The summed E-state index contributed by atoms with van der Waals surface area (Å²) in [6.45, 7) is 3.33. The van der Waals surface area contributed by atoms with Crippen molar-refractivity contribution in [3.63, 3.8) is 0 Å². The Labute approximate surface area is 133 Å². The van der Waals surface area contributed by atoms with Crippen LogP contribution in [0.25, 0.3) is 6.08 Å². The number of phenols is 1. The van der Waals surface area contributed by atoms with Crippen LogP contribution in [0.3, 0.4) is 0 Å². The third-order valence-electron chi connectivity index (χ3n) is 3.09. The van der Waals surface area contributed by atoms with Crippen LogP contribution in [-0.2, 0) is 4.79 Å². The van der Waals surface area contributed by atoms with Crippen molar-refractivity contribution in [2.24, 2.45) is 0 Å². The Kier molecular flexibility index (Phi) is 4.26. The first-order chi connectivity index (χ1) is 11.3. The van der Waals surface area contributed by atoms with E-state index in [1.165, 1.54) is 6.08 Å². The number of nitro benzene ring substituents is 2. The number of hydrogen-bond acceptors (Lipinski definition) is 7. The van der Waals surface area contributed by atoms with Gasteiger partial charge in [-0.2, -0.15) is 0 Å². The number of amides is 3. The molecule has 1 saturated heterocycles. The van der Waals surface area contributed by atoms with E-state index in [1.54, 1.807) is 0 Å². The lowest BCUT2D eigenvalue weighted by Gasteiger charge is -2.07. The van der Waals surface area contributed by atoms with Crippen LogP contribution in [0.5, 0.6) is 5.75 Å². The predicted molar refractivity (Wildman–Crippen MR) is 79.8 cm³/mol. The average molecular weight is 334 g/mol. The van der Waals surface area contributed by atoms with Crippen LogP contribution in [0.2, 0.25) is 0 Å². The number of rotatable bonds is 5. The highest BCUT2D eigenvalue weighted by atomic mass is 16.6. The molecule has 1 fully saturated rings. The van der Waals surface area contributed by atoms with Crippen molar-refractivity contribution in [3.8, 4) is 5.75 Å². The zero-order valence-corrected chi connectivity index (χ0v) is 12.0. The number of hydrogen-bond donors (Lipinski definition) is 2. The van der Waals surface area contributed by atoms with Crippen molar-refractivity contribution in [2.45, 2.75) is 0 Å². The lowest BCUT2D eigenvalue weighted by molar-refractivity contribution is -0.394. The fourth-order valence-electron chi connectivity index (χ4n) is 2.00. The number of carbonyl (C=O) groups excluding carboxylic acids is 2. The van der Waals surface area contributed by atoms with Gasteiger partial charge in [0.1, 0.15) is 5.70 Å². The molecule has 3 amide bonds. The third-order valence-corrected chi connectivity index (χ3v) is 3.09. The van der Waals surface area contributed by atoms with Gasteiger partial charge in [-0.3, -0.25) is 29.9 Å². The molecular formula is C13H10N4O7. The maximum Gasteiger partial charge on any atom is 0.329 e. The molecule has 2 N–H and O–H groups in total. The highest BCUT2D eigenvalue weighted by Crippen LogP contribution is 2.35. The smallest absolute Gasteiger partial charge is 0.329 e. The van der Waals surface area contributed by atoms with E-state index in [0.717, 1.165) is 17.0 Å². The van der Waals surface area contributed by atoms with E-state index in [4.69, 9.17) is 0 Å². The molecule has 124 valence electrons. The Morgan fingerprint density at radius 3 is 2.46 bits per heavy atom. The molecule has 1 aromatic rings. The lowest BCUT2D eigenvalue weighted by atomic mass is 10.1. The first kappa shape index (κ1) is 16.6. The molecule has 1 heterocycles. The summed E-state index contributed by atoms with van der Waals surface area (Å²) in [4.78, 5) is 44.3. The highest BCUT2D eigenvalue weighted by molar-refractivity contribution is 6.14. The predicted octanol–water partition coefficient (Wildman–Crippen LogP) is 1.29. The van der Waals surface area contributed by atoms with Crippen LogP contribution in [0.15, 0.2) is 30.5 Å². The van der Waals surface area contributed by atoms with Gasteiger partial charge < -0.3 is 10.4 Å². The summed E-state index contributed by atoms with van der Waals surface area (Å²) in [6.07, 6.45) is 2.24. The van der Waals surface area contributed by atoms with Gasteiger partial charge in [-0.25, -0.2) is 4.79 Å². The number of non-ortho nitro benzene ring substituents is 1. The summed E-state index contributed by atoms with van der Waals surface area (Å²) >= 11 is 0. The summed E-state index contributed by atoms with van der Waals surface area (Å²) in [6, 6.07) is 0.701. The minimum Gasteiger partial charge on any atom is -0.502 e. The summed E-state index contributed by atoms with van der Waals surface area (Å²) in [5.74, 6) is -1.62. The number of nitro groups is 2. The van der Waals surface area contributed by atoms with E-state index in [9.17, 15) is 34.9 Å². The minimum absolute atomic E-state index is 0.0664. The fourth-order valence-corrected chi connectivity index (χ4v) is 2.00. The molecule has 11 nitrogen and oxygen atoms in total. The van der Waals surface area contributed by atoms with E-state index in [1.807, 2.05) is 0 Å². The molecule has 0 bridgehead atoms. The Hall–Kier alpha value is -3.76.